The van der Waals surface area contributed by atoms with E-state index < -0.39 is 11.8 Å². The largest absolute Gasteiger partial charge is 0.464 e. The van der Waals surface area contributed by atoms with Crippen molar-refractivity contribution in [1.29, 1.82) is 0 Å². The molecule has 2 atom stereocenters. The fourth-order valence-electron chi connectivity index (χ4n) is 2.83. The summed E-state index contributed by atoms with van der Waals surface area (Å²) in [5.74, 6) is -0.860. The third-order valence-electron chi connectivity index (χ3n) is 4.01. The predicted octanol–water partition coefficient (Wildman–Crippen LogP) is 2.00. The quantitative estimate of drug-likeness (QED) is 0.691. The van der Waals surface area contributed by atoms with Gasteiger partial charge in [-0.2, -0.15) is 0 Å². The normalized spacial score (nSPS) is 26.1. The molecule has 1 aliphatic heterocycles. The average Bonchev–Trinajstić information content (AvgIpc) is 2.90. The molecular weight excluding hydrogens is 308 g/mol. The molecule has 0 aromatic rings. The first kappa shape index (κ1) is 19.0. The second kappa shape index (κ2) is 8.65. The molecule has 0 radical (unpaired) electrons. The second-order valence-electron chi connectivity index (χ2n) is 6.79. The Morgan fingerprint density at radius 1 is 1.54 bits per heavy atom. The van der Waals surface area contributed by atoms with E-state index in [9.17, 15) is 4.79 Å². The highest BCUT2D eigenvalue weighted by Gasteiger charge is 2.32. The minimum atomic E-state index is -0.700. The van der Waals surface area contributed by atoms with Crippen LogP contribution in [-0.4, -0.2) is 43.7 Å². The Labute approximate surface area is 144 Å². The number of carbonyl (C=O) groups is 1. The lowest BCUT2D eigenvalue weighted by atomic mass is 9.97. The van der Waals surface area contributed by atoms with E-state index >= 15 is 0 Å². The minimum Gasteiger partial charge on any atom is -0.464 e. The lowest BCUT2D eigenvalue weighted by Gasteiger charge is -2.21. The van der Waals surface area contributed by atoms with Crippen molar-refractivity contribution in [3.63, 3.8) is 0 Å². The summed E-state index contributed by atoms with van der Waals surface area (Å²) in [4.78, 5) is 11.8. The highest BCUT2D eigenvalue weighted by Crippen LogP contribution is 2.24. The van der Waals surface area contributed by atoms with E-state index in [1.54, 1.807) is 6.08 Å². The Balaban J connectivity index is 1.85. The third-order valence-corrected chi connectivity index (χ3v) is 4.01. The van der Waals surface area contributed by atoms with Crippen LogP contribution in [0.5, 0.6) is 0 Å². The molecule has 0 aromatic carbocycles. The van der Waals surface area contributed by atoms with E-state index in [0.29, 0.717) is 19.8 Å². The first-order valence-corrected chi connectivity index (χ1v) is 8.79. The van der Waals surface area contributed by atoms with E-state index in [-0.39, 0.29) is 12.1 Å². The second-order valence-corrected chi connectivity index (χ2v) is 6.79. The van der Waals surface area contributed by atoms with Gasteiger partial charge in [0.25, 0.3) is 0 Å². The zero-order chi connectivity index (χ0) is 17.6. The highest BCUT2D eigenvalue weighted by atomic mass is 16.7. The molecule has 0 spiro atoms. The van der Waals surface area contributed by atoms with Crippen LogP contribution in [0.1, 0.15) is 46.5 Å². The van der Waals surface area contributed by atoms with Crippen LogP contribution >= 0.6 is 0 Å². The summed E-state index contributed by atoms with van der Waals surface area (Å²) in [5, 5.41) is 3.43. The van der Waals surface area contributed by atoms with E-state index in [2.05, 4.69) is 11.4 Å². The summed E-state index contributed by atoms with van der Waals surface area (Å²) >= 11 is 0. The molecule has 1 saturated heterocycles. The molecule has 1 fully saturated rings. The van der Waals surface area contributed by atoms with Gasteiger partial charge in [-0.05, 0) is 51.2 Å². The van der Waals surface area contributed by atoms with Crippen molar-refractivity contribution < 1.29 is 19.0 Å². The van der Waals surface area contributed by atoms with Crippen molar-refractivity contribution in [2.45, 2.75) is 64.4 Å². The molecule has 0 saturated carbocycles. The standard InChI is InChI=1S/C18H30N2O4/c1-4-8-22-17(21)16(19)10-13-6-5-7-14(9-13)20-11-15-12-23-18(2,3)24-15/h9-10,15-16,20H,4-8,11-12,19H2,1-3H3/b13-10+. The molecule has 1 aliphatic carbocycles. The number of esters is 1. The Morgan fingerprint density at radius 3 is 3.00 bits per heavy atom. The predicted molar refractivity (Wildman–Crippen MR) is 92.1 cm³/mol. The first-order valence-electron chi connectivity index (χ1n) is 8.79. The van der Waals surface area contributed by atoms with Crippen LogP contribution in [0.15, 0.2) is 23.4 Å². The van der Waals surface area contributed by atoms with Gasteiger partial charge in [0.15, 0.2) is 5.79 Å². The molecule has 2 rings (SSSR count). The molecule has 136 valence electrons. The van der Waals surface area contributed by atoms with E-state index in [1.807, 2.05) is 20.8 Å². The summed E-state index contributed by atoms with van der Waals surface area (Å²) < 4.78 is 16.4. The van der Waals surface area contributed by atoms with Crippen molar-refractivity contribution in [3.05, 3.63) is 23.4 Å². The van der Waals surface area contributed by atoms with Gasteiger partial charge in [0.2, 0.25) is 0 Å². The van der Waals surface area contributed by atoms with Gasteiger partial charge in [-0.15, -0.1) is 0 Å². The van der Waals surface area contributed by atoms with Gasteiger partial charge in [-0.25, -0.2) is 0 Å². The number of allylic oxidation sites excluding steroid dienone is 3. The molecule has 0 bridgehead atoms. The molecule has 2 unspecified atom stereocenters. The van der Waals surface area contributed by atoms with Crippen LogP contribution in [0.4, 0.5) is 0 Å². The van der Waals surface area contributed by atoms with Gasteiger partial charge in [-0.1, -0.05) is 13.0 Å². The summed E-state index contributed by atoms with van der Waals surface area (Å²) in [7, 11) is 0. The fourth-order valence-corrected chi connectivity index (χ4v) is 2.83. The van der Waals surface area contributed by atoms with Gasteiger partial charge >= 0.3 is 5.97 Å². The number of ether oxygens (including phenoxy) is 3. The topological polar surface area (TPSA) is 82.8 Å². The van der Waals surface area contributed by atoms with Gasteiger partial charge < -0.3 is 25.3 Å². The molecule has 2 aliphatic rings. The van der Waals surface area contributed by atoms with E-state index in [4.69, 9.17) is 19.9 Å². The molecule has 1 heterocycles. The van der Waals surface area contributed by atoms with Crippen molar-refractivity contribution in [3.8, 4) is 0 Å². The first-order chi connectivity index (χ1) is 11.4. The van der Waals surface area contributed by atoms with Crippen molar-refractivity contribution in [2.24, 2.45) is 5.73 Å². The van der Waals surface area contributed by atoms with E-state index in [0.717, 1.165) is 37.0 Å². The van der Waals surface area contributed by atoms with Gasteiger partial charge in [0.05, 0.1) is 13.2 Å². The summed E-state index contributed by atoms with van der Waals surface area (Å²) in [6, 6.07) is -0.700. The van der Waals surface area contributed by atoms with Crippen LogP contribution in [0.2, 0.25) is 0 Å². The average molecular weight is 338 g/mol. The Bertz CT molecular complexity index is 499. The highest BCUT2D eigenvalue weighted by molar-refractivity contribution is 5.78. The van der Waals surface area contributed by atoms with Gasteiger partial charge in [-0.3, -0.25) is 4.79 Å². The smallest absolute Gasteiger partial charge is 0.326 e. The SMILES string of the molecule is CCCOC(=O)C(N)/C=C1/C=C(NCC2COC(C)(C)O2)CCC1. The fraction of sp³-hybridized carbons (Fsp3) is 0.722. The molecule has 3 N–H and O–H groups in total. The number of hydrogen-bond donors (Lipinski definition) is 2. The number of nitrogens with one attached hydrogen (secondary N) is 1. The van der Waals surface area contributed by atoms with E-state index in [1.165, 1.54) is 0 Å². The molecule has 0 amide bonds. The summed E-state index contributed by atoms with van der Waals surface area (Å²) in [5.41, 5.74) is 8.13. The zero-order valence-corrected chi connectivity index (χ0v) is 15.0. The maximum absolute atomic E-state index is 11.8. The molecule has 0 aromatic heterocycles. The maximum atomic E-state index is 11.8. The van der Waals surface area contributed by atoms with Crippen LogP contribution in [0, 0.1) is 0 Å². The Hall–Kier alpha value is -1.37. The molecule has 24 heavy (non-hydrogen) atoms. The lowest BCUT2D eigenvalue weighted by molar-refractivity contribution is -0.144. The maximum Gasteiger partial charge on any atom is 0.326 e. The minimum absolute atomic E-state index is 0.0570. The Morgan fingerprint density at radius 2 is 2.33 bits per heavy atom. The lowest BCUT2D eigenvalue weighted by Crippen LogP contribution is -2.32. The van der Waals surface area contributed by atoms with Crippen molar-refractivity contribution >= 4 is 5.97 Å². The van der Waals surface area contributed by atoms with Crippen molar-refractivity contribution in [2.75, 3.05) is 19.8 Å². The summed E-state index contributed by atoms with van der Waals surface area (Å²) in [6.07, 6.45) is 7.69. The summed E-state index contributed by atoms with van der Waals surface area (Å²) in [6.45, 7) is 7.54. The zero-order valence-electron chi connectivity index (χ0n) is 15.0. The van der Waals surface area contributed by atoms with Gasteiger partial charge in [0, 0.05) is 12.2 Å². The van der Waals surface area contributed by atoms with Crippen molar-refractivity contribution in [1.82, 2.24) is 5.32 Å². The Kier molecular flexibility index (Phi) is 6.83. The third kappa shape index (κ3) is 5.92. The number of rotatable bonds is 7. The monoisotopic (exact) mass is 338 g/mol. The number of nitrogens with two attached hydrogens (primary N) is 1. The van der Waals surface area contributed by atoms with Crippen LogP contribution in [0.25, 0.3) is 0 Å². The number of hydrogen-bond acceptors (Lipinski definition) is 6. The molecular formula is C18H30N2O4. The van der Waals surface area contributed by atoms with Gasteiger partial charge in [0.1, 0.15) is 12.1 Å². The van der Waals surface area contributed by atoms with Crippen LogP contribution in [-0.2, 0) is 19.0 Å². The number of carbonyl (C=O) groups excluding carboxylic acids is 1. The molecule has 6 nitrogen and oxygen atoms in total. The van der Waals surface area contributed by atoms with Crippen LogP contribution < -0.4 is 11.1 Å². The van der Waals surface area contributed by atoms with Crippen LogP contribution in [0.3, 0.4) is 0 Å². The molecule has 6 heteroatoms.